The molecule has 1 aromatic heterocycles. The molecule has 0 radical (unpaired) electrons. The van der Waals surface area contributed by atoms with Crippen molar-refractivity contribution in [1.29, 1.82) is 0 Å². The second-order valence-electron chi connectivity index (χ2n) is 3.87. The van der Waals surface area contributed by atoms with Gasteiger partial charge in [0.25, 0.3) is 0 Å². The molecule has 0 saturated heterocycles. The van der Waals surface area contributed by atoms with Crippen LogP contribution in [0, 0.1) is 0 Å². The number of carbonyl (C=O) groups excluding carboxylic acids is 1. The van der Waals surface area contributed by atoms with Gasteiger partial charge in [-0.1, -0.05) is 0 Å². The van der Waals surface area contributed by atoms with E-state index in [1.807, 2.05) is 19.3 Å². The third-order valence-corrected chi connectivity index (χ3v) is 2.42. The number of hydrogen-bond donors (Lipinski definition) is 2. The van der Waals surface area contributed by atoms with Crippen LogP contribution in [0.1, 0.15) is 12.6 Å². The summed E-state index contributed by atoms with van der Waals surface area (Å²) in [7, 11) is 1.83. The molecule has 0 bridgehead atoms. The summed E-state index contributed by atoms with van der Waals surface area (Å²) in [6, 6.07) is 1.51. The summed E-state index contributed by atoms with van der Waals surface area (Å²) in [5, 5.41) is 15.5. The standard InChI is InChI=1S/C11H18N4O3/c1-3-15(8-10(16)17)11(18)12-6-4-9-5-7-14(2)13-9/h5,7H,3-4,6,8H2,1-2H3,(H,12,18)(H,16,17). The lowest BCUT2D eigenvalue weighted by molar-refractivity contribution is -0.137. The van der Waals surface area contributed by atoms with E-state index < -0.39 is 5.97 Å². The molecule has 0 unspecified atom stereocenters. The van der Waals surface area contributed by atoms with Crippen molar-refractivity contribution in [3.8, 4) is 0 Å². The summed E-state index contributed by atoms with van der Waals surface area (Å²) >= 11 is 0. The average molecular weight is 254 g/mol. The van der Waals surface area contributed by atoms with Crippen LogP contribution in [0.25, 0.3) is 0 Å². The van der Waals surface area contributed by atoms with Gasteiger partial charge in [-0.15, -0.1) is 0 Å². The molecular weight excluding hydrogens is 236 g/mol. The van der Waals surface area contributed by atoms with Gasteiger partial charge in [-0.2, -0.15) is 5.10 Å². The minimum absolute atomic E-state index is 0.286. The van der Waals surface area contributed by atoms with Gasteiger partial charge in [-0.05, 0) is 13.0 Å². The number of rotatable bonds is 6. The summed E-state index contributed by atoms with van der Waals surface area (Å²) in [4.78, 5) is 23.4. The van der Waals surface area contributed by atoms with Crippen molar-refractivity contribution in [2.24, 2.45) is 7.05 Å². The molecule has 7 heteroatoms. The van der Waals surface area contributed by atoms with E-state index in [0.717, 1.165) is 5.69 Å². The molecule has 0 aliphatic rings. The molecular formula is C11H18N4O3. The van der Waals surface area contributed by atoms with Gasteiger partial charge in [-0.3, -0.25) is 9.48 Å². The van der Waals surface area contributed by atoms with Gasteiger partial charge in [-0.25, -0.2) is 4.79 Å². The summed E-state index contributed by atoms with van der Waals surface area (Å²) in [5.74, 6) is -1.02. The highest BCUT2D eigenvalue weighted by Gasteiger charge is 2.13. The summed E-state index contributed by atoms with van der Waals surface area (Å²) < 4.78 is 1.69. The highest BCUT2D eigenvalue weighted by molar-refractivity contribution is 5.79. The first-order valence-corrected chi connectivity index (χ1v) is 5.76. The van der Waals surface area contributed by atoms with Gasteiger partial charge in [0.2, 0.25) is 0 Å². The van der Waals surface area contributed by atoms with E-state index in [-0.39, 0.29) is 12.6 Å². The first-order chi connectivity index (χ1) is 8.52. The Morgan fingerprint density at radius 2 is 2.28 bits per heavy atom. The van der Waals surface area contributed by atoms with Crippen molar-refractivity contribution >= 4 is 12.0 Å². The summed E-state index contributed by atoms with van der Waals surface area (Å²) in [6.07, 6.45) is 2.46. The van der Waals surface area contributed by atoms with E-state index in [2.05, 4.69) is 10.4 Å². The Morgan fingerprint density at radius 3 is 2.78 bits per heavy atom. The first-order valence-electron chi connectivity index (χ1n) is 5.76. The number of amides is 2. The van der Waals surface area contributed by atoms with E-state index >= 15 is 0 Å². The molecule has 2 amide bonds. The topological polar surface area (TPSA) is 87.5 Å². The van der Waals surface area contributed by atoms with E-state index in [9.17, 15) is 9.59 Å². The van der Waals surface area contributed by atoms with Gasteiger partial charge in [0.1, 0.15) is 6.54 Å². The molecule has 0 aliphatic carbocycles. The van der Waals surface area contributed by atoms with Crippen LogP contribution in [0.2, 0.25) is 0 Å². The van der Waals surface area contributed by atoms with Gasteiger partial charge >= 0.3 is 12.0 Å². The number of likely N-dealkylation sites (N-methyl/N-ethyl adjacent to an activating group) is 1. The lowest BCUT2D eigenvalue weighted by atomic mass is 10.3. The molecule has 0 aromatic carbocycles. The van der Waals surface area contributed by atoms with Crippen molar-refractivity contribution in [2.45, 2.75) is 13.3 Å². The van der Waals surface area contributed by atoms with Gasteiger partial charge in [0.15, 0.2) is 0 Å². The van der Waals surface area contributed by atoms with E-state index in [1.54, 1.807) is 11.6 Å². The monoisotopic (exact) mass is 254 g/mol. The van der Waals surface area contributed by atoms with Gasteiger partial charge < -0.3 is 15.3 Å². The molecule has 100 valence electrons. The minimum atomic E-state index is -1.02. The van der Waals surface area contributed by atoms with Crippen molar-refractivity contribution in [1.82, 2.24) is 20.0 Å². The predicted octanol–water partition coefficient (Wildman–Crippen LogP) is 0.0787. The molecule has 2 N–H and O–H groups in total. The van der Waals surface area contributed by atoms with Crippen LogP contribution in [-0.2, 0) is 18.3 Å². The number of aliphatic carboxylic acids is 1. The maximum Gasteiger partial charge on any atom is 0.323 e. The Morgan fingerprint density at radius 1 is 1.56 bits per heavy atom. The number of urea groups is 1. The minimum Gasteiger partial charge on any atom is -0.480 e. The zero-order valence-corrected chi connectivity index (χ0v) is 10.6. The number of aryl methyl sites for hydroxylation is 1. The predicted molar refractivity (Wildman–Crippen MR) is 65.2 cm³/mol. The van der Waals surface area contributed by atoms with Crippen LogP contribution in [0.3, 0.4) is 0 Å². The SMILES string of the molecule is CCN(CC(=O)O)C(=O)NCCc1ccn(C)n1. The quantitative estimate of drug-likeness (QED) is 0.752. The molecule has 1 heterocycles. The highest BCUT2D eigenvalue weighted by atomic mass is 16.4. The first kappa shape index (κ1) is 14.0. The Bertz CT molecular complexity index is 416. The van der Waals surface area contributed by atoms with Crippen LogP contribution in [0.4, 0.5) is 4.79 Å². The molecule has 18 heavy (non-hydrogen) atoms. The third-order valence-electron chi connectivity index (χ3n) is 2.42. The second-order valence-corrected chi connectivity index (χ2v) is 3.87. The highest BCUT2D eigenvalue weighted by Crippen LogP contribution is 1.95. The fourth-order valence-corrected chi connectivity index (χ4v) is 1.50. The van der Waals surface area contributed by atoms with Crippen LogP contribution in [-0.4, -0.2) is 51.4 Å². The number of nitrogens with zero attached hydrogens (tertiary/aromatic N) is 3. The average Bonchev–Trinajstić information content (AvgIpc) is 2.71. The van der Waals surface area contributed by atoms with Crippen LogP contribution in [0.15, 0.2) is 12.3 Å². The zero-order chi connectivity index (χ0) is 13.5. The zero-order valence-electron chi connectivity index (χ0n) is 10.6. The number of aromatic nitrogens is 2. The van der Waals surface area contributed by atoms with Crippen LogP contribution < -0.4 is 5.32 Å². The van der Waals surface area contributed by atoms with Crippen molar-refractivity contribution < 1.29 is 14.7 Å². The maximum absolute atomic E-state index is 11.6. The van der Waals surface area contributed by atoms with Gasteiger partial charge in [0.05, 0.1) is 5.69 Å². The second kappa shape index (κ2) is 6.63. The number of carbonyl (C=O) groups is 2. The Kier molecular flexibility index (Phi) is 5.16. The molecule has 0 fully saturated rings. The van der Waals surface area contributed by atoms with E-state index in [1.165, 1.54) is 4.90 Å². The number of carboxylic acid groups (broad SMARTS) is 1. The third kappa shape index (κ3) is 4.44. The number of carboxylic acids is 1. The molecule has 1 rings (SSSR count). The molecule has 1 aromatic rings. The Hall–Kier alpha value is -2.05. The normalized spacial score (nSPS) is 10.1. The fraction of sp³-hybridized carbons (Fsp3) is 0.545. The Balaban J connectivity index is 2.33. The fourth-order valence-electron chi connectivity index (χ4n) is 1.50. The summed E-state index contributed by atoms with van der Waals surface area (Å²) in [6.45, 7) is 2.25. The number of nitrogens with one attached hydrogen (secondary N) is 1. The van der Waals surface area contributed by atoms with Crippen molar-refractivity contribution in [3.05, 3.63) is 18.0 Å². The largest absolute Gasteiger partial charge is 0.480 e. The molecule has 7 nitrogen and oxygen atoms in total. The maximum atomic E-state index is 11.6. The molecule has 0 saturated carbocycles. The molecule has 0 spiro atoms. The lowest BCUT2D eigenvalue weighted by Gasteiger charge is -2.18. The van der Waals surface area contributed by atoms with Crippen LogP contribution in [0.5, 0.6) is 0 Å². The number of hydrogen-bond acceptors (Lipinski definition) is 3. The van der Waals surface area contributed by atoms with Crippen molar-refractivity contribution in [2.75, 3.05) is 19.6 Å². The van der Waals surface area contributed by atoms with E-state index in [4.69, 9.17) is 5.11 Å². The molecule has 0 aliphatic heterocycles. The van der Waals surface area contributed by atoms with Crippen LogP contribution >= 0.6 is 0 Å². The van der Waals surface area contributed by atoms with Gasteiger partial charge in [0, 0.05) is 32.8 Å². The Labute approximate surface area is 105 Å². The van der Waals surface area contributed by atoms with Crippen molar-refractivity contribution in [3.63, 3.8) is 0 Å². The van der Waals surface area contributed by atoms with E-state index in [0.29, 0.717) is 19.5 Å². The summed E-state index contributed by atoms with van der Waals surface area (Å²) in [5.41, 5.74) is 0.888. The smallest absolute Gasteiger partial charge is 0.323 e. The lowest BCUT2D eigenvalue weighted by Crippen LogP contribution is -2.43. The molecule has 0 atom stereocenters.